The molecule has 1 atom stereocenters. The largest absolute Gasteiger partial charge is 0.370 e. The lowest BCUT2D eigenvalue weighted by atomic mass is 10.1. The monoisotopic (exact) mass is 291 g/mol. The van der Waals surface area contributed by atoms with E-state index in [1.165, 1.54) is 19.5 Å². The fourth-order valence-corrected chi connectivity index (χ4v) is 2.74. The van der Waals surface area contributed by atoms with Crippen LogP contribution >= 0.6 is 0 Å². The average molecular weight is 291 g/mol. The van der Waals surface area contributed by atoms with Crippen LogP contribution in [0.4, 0.5) is 11.6 Å². The van der Waals surface area contributed by atoms with Crippen molar-refractivity contribution in [1.82, 2.24) is 14.9 Å². The number of rotatable bonds is 6. The fraction of sp³-hybridized carbons (Fsp3) is 0.750. The minimum atomic E-state index is 0.334. The second kappa shape index (κ2) is 7.07. The molecule has 1 aromatic heterocycles. The Morgan fingerprint density at radius 2 is 1.90 bits per heavy atom. The van der Waals surface area contributed by atoms with Gasteiger partial charge in [-0.2, -0.15) is 0 Å². The Balaban J connectivity index is 2.12. The van der Waals surface area contributed by atoms with Gasteiger partial charge in [-0.05, 0) is 39.8 Å². The highest BCUT2D eigenvalue weighted by Gasteiger charge is 2.20. The van der Waals surface area contributed by atoms with Crippen molar-refractivity contribution in [3.8, 4) is 0 Å². The van der Waals surface area contributed by atoms with Gasteiger partial charge in [-0.15, -0.1) is 0 Å². The number of likely N-dealkylation sites (tertiary alicyclic amines) is 1. The molecular formula is C16H29N5. The van der Waals surface area contributed by atoms with E-state index in [0.717, 1.165) is 42.0 Å². The van der Waals surface area contributed by atoms with Gasteiger partial charge in [0, 0.05) is 31.1 Å². The van der Waals surface area contributed by atoms with Crippen LogP contribution in [0, 0.1) is 12.8 Å². The van der Waals surface area contributed by atoms with Crippen LogP contribution in [-0.4, -0.2) is 48.1 Å². The lowest BCUT2D eigenvalue weighted by Crippen LogP contribution is -2.20. The lowest BCUT2D eigenvalue weighted by molar-refractivity contribution is 0.399. The van der Waals surface area contributed by atoms with Gasteiger partial charge in [-0.25, -0.2) is 9.97 Å². The van der Waals surface area contributed by atoms with E-state index in [-0.39, 0.29) is 0 Å². The smallest absolute Gasteiger partial charge is 0.135 e. The summed E-state index contributed by atoms with van der Waals surface area (Å²) in [4.78, 5) is 11.8. The van der Waals surface area contributed by atoms with E-state index in [2.05, 4.69) is 55.3 Å². The summed E-state index contributed by atoms with van der Waals surface area (Å²) in [6.45, 7) is 12.7. The van der Waals surface area contributed by atoms with Crippen molar-refractivity contribution in [3.05, 3.63) is 11.4 Å². The normalized spacial score (nSPS) is 19.2. The zero-order valence-corrected chi connectivity index (χ0v) is 14.0. The molecule has 1 saturated heterocycles. The third-order valence-electron chi connectivity index (χ3n) is 4.07. The second-order valence-electron chi connectivity index (χ2n) is 6.39. The predicted octanol–water partition coefficient (Wildman–Crippen LogP) is 2.70. The highest BCUT2D eigenvalue weighted by atomic mass is 15.1. The molecule has 1 fully saturated rings. The van der Waals surface area contributed by atoms with Gasteiger partial charge in [0.05, 0.1) is 0 Å². The van der Waals surface area contributed by atoms with Crippen molar-refractivity contribution in [3.63, 3.8) is 0 Å². The molecule has 0 aromatic carbocycles. The van der Waals surface area contributed by atoms with Crippen molar-refractivity contribution in [1.29, 1.82) is 0 Å². The van der Waals surface area contributed by atoms with Gasteiger partial charge in [-0.1, -0.05) is 13.8 Å². The zero-order chi connectivity index (χ0) is 15.4. The first kappa shape index (κ1) is 16.0. The van der Waals surface area contributed by atoms with Crippen LogP contribution < -0.4 is 10.6 Å². The van der Waals surface area contributed by atoms with E-state index in [1.807, 2.05) is 0 Å². The van der Waals surface area contributed by atoms with Crippen LogP contribution in [0.15, 0.2) is 0 Å². The van der Waals surface area contributed by atoms with Crippen LogP contribution in [0.1, 0.15) is 44.5 Å². The van der Waals surface area contributed by atoms with E-state index in [0.29, 0.717) is 5.92 Å². The zero-order valence-electron chi connectivity index (χ0n) is 14.0. The first-order valence-electron chi connectivity index (χ1n) is 8.06. The van der Waals surface area contributed by atoms with E-state index >= 15 is 0 Å². The quantitative estimate of drug-likeness (QED) is 0.844. The van der Waals surface area contributed by atoms with Gasteiger partial charge in [-0.3, -0.25) is 0 Å². The molecule has 5 heteroatoms. The summed E-state index contributed by atoms with van der Waals surface area (Å²) in [5, 5.41) is 6.90. The maximum atomic E-state index is 4.72. The minimum absolute atomic E-state index is 0.334. The summed E-state index contributed by atoms with van der Waals surface area (Å²) >= 11 is 0. The predicted molar refractivity (Wildman–Crippen MR) is 89.1 cm³/mol. The Kier molecular flexibility index (Phi) is 5.39. The third kappa shape index (κ3) is 4.06. The summed E-state index contributed by atoms with van der Waals surface area (Å²) in [6.07, 6.45) is 1.27. The van der Waals surface area contributed by atoms with Crippen LogP contribution in [0.3, 0.4) is 0 Å². The van der Waals surface area contributed by atoms with Gasteiger partial charge >= 0.3 is 0 Å². The Labute approximate surface area is 128 Å². The van der Waals surface area contributed by atoms with Gasteiger partial charge in [0.1, 0.15) is 17.5 Å². The molecule has 118 valence electrons. The van der Waals surface area contributed by atoms with Gasteiger partial charge in [0.2, 0.25) is 0 Å². The Bertz CT molecular complexity index is 472. The average Bonchev–Trinajstić information content (AvgIpc) is 2.85. The van der Waals surface area contributed by atoms with Crippen LogP contribution in [0.25, 0.3) is 0 Å². The van der Waals surface area contributed by atoms with Crippen LogP contribution in [-0.2, 0) is 0 Å². The number of hydrogen-bond acceptors (Lipinski definition) is 5. The Hall–Kier alpha value is -1.36. The molecule has 2 heterocycles. The summed E-state index contributed by atoms with van der Waals surface area (Å²) in [7, 11) is 2.19. The molecular weight excluding hydrogens is 262 g/mol. The van der Waals surface area contributed by atoms with E-state index in [4.69, 9.17) is 4.98 Å². The highest BCUT2D eigenvalue weighted by molar-refractivity contribution is 5.57. The molecule has 1 aliphatic rings. The second-order valence-corrected chi connectivity index (χ2v) is 6.39. The molecule has 1 aliphatic heterocycles. The maximum absolute atomic E-state index is 4.72. The Morgan fingerprint density at radius 3 is 2.43 bits per heavy atom. The summed E-state index contributed by atoms with van der Waals surface area (Å²) in [5.41, 5.74) is 1.12. The number of aromatic nitrogens is 2. The molecule has 1 aromatic rings. The van der Waals surface area contributed by atoms with E-state index in [9.17, 15) is 0 Å². The molecule has 0 radical (unpaired) electrons. The number of nitrogens with zero attached hydrogens (tertiary/aromatic N) is 3. The molecule has 0 aliphatic carbocycles. The molecule has 2 N–H and O–H groups in total. The van der Waals surface area contributed by atoms with Gasteiger partial charge in [0.15, 0.2) is 0 Å². The van der Waals surface area contributed by atoms with Crippen molar-refractivity contribution < 1.29 is 0 Å². The first-order valence-corrected chi connectivity index (χ1v) is 8.06. The number of hydrogen-bond donors (Lipinski definition) is 2. The highest BCUT2D eigenvalue weighted by Crippen LogP contribution is 2.24. The Morgan fingerprint density at radius 1 is 1.24 bits per heavy atom. The molecule has 0 spiro atoms. The lowest BCUT2D eigenvalue weighted by Gasteiger charge is -2.17. The molecule has 1 unspecified atom stereocenters. The minimum Gasteiger partial charge on any atom is -0.370 e. The van der Waals surface area contributed by atoms with Crippen molar-refractivity contribution in [2.45, 2.75) is 40.0 Å². The molecule has 0 bridgehead atoms. The van der Waals surface area contributed by atoms with Crippen LogP contribution in [0.2, 0.25) is 0 Å². The van der Waals surface area contributed by atoms with Crippen molar-refractivity contribution >= 4 is 11.6 Å². The summed E-state index contributed by atoms with van der Waals surface area (Å²) in [6, 6.07) is 0. The van der Waals surface area contributed by atoms with Crippen LogP contribution in [0.5, 0.6) is 0 Å². The van der Waals surface area contributed by atoms with Crippen molar-refractivity contribution in [2.75, 3.05) is 43.9 Å². The number of anilines is 2. The standard InChI is InChI=1S/C16H29N5/c1-6-17-15-12(4)16(20-14(19-15)11(2)3)18-9-13-7-8-21(5)10-13/h11,13H,6-10H2,1-5H3,(H2,17,18,19,20). The molecule has 2 rings (SSSR count). The fourth-order valence-electron chi connectivity index (χ4n) is 2.74. The maximum Gasteiger partial charge on any atom is 0.135 e. The first-order chi connectivity index (χ1) is 10.0. The molecule has 21 heavy (non-hydrogen) atoms. The SMILES string of the molecule is CCNc1nc(C(C)C)nc(NCC2CCN(C)C2)c1C. The van der Waals surface area contributed by atoms with Crippen molar-refractivity contribution in [2.24, 2.45) is 5.92 Å². The van der Waals surface area contributed by atoms with Gasteiger partial charge < -0.3 is 15.5 Å². The number of nitrogens with one attached hydrogen (secondary N) is 2. The summed E-state index contributed by atoms with van der Waals surface area (Å²) < 4.78 is 0. The van der Waals surface area contributed by atoms with E-state index in [1.54, 1.807) is 0 Å². The summed E-state index contributed by atoms with van der Waals surface area (Å²) in [5.74, 6) is 3.90. The topological polar surface area (TPSA) is 53.1 Å². The third-order valence-corrected chi connectivity index (χ3v) is 4.07. The molecule has 0 saturated carbocycles. The molecule has 5 nitrogen and oxygen atoms in total. The molecule has 0 amide bonds. The van der Waals surface area contributed by atoms with E-state index < -0.39 is 0 Å². The van der Waals surface area contributed by atoms with Gasteiger partial charge in [0.25, 0.3) is 0 Å².